The smallest absolute Gasteiger partial charge is 0.179 e. The quantitative estimate of drug-likeness (QED) is 0.118. The fourth-order valence-corrected chi connectivity index (χ4v) is 16.0. The summed E-state index contributed by atoms with van der Waals surface area (Å²) in [6.45, 7) is 0. The fraction of sp³-hybridized carbons (Fsp3) is 0.0159. The predicted octanol–water partition coefficient (Wildman–Crippen LogP) is 12.5. The number of benzene rings is 10. The van der Waals surface area contributed by atoms with Crippen LogP contribution in [0.3, 0.4) is 0 Å². The van der Waals surface area contributed by atoms with Gasteiger partial charge < -0.3 is 4.74 Å². The number of rotatable bonds is 7. The second-order valence-corrected chi connectivity index (χ2v) is 21.4. The Labute approximate surface area is 391 Å². The summed E-state index contributed by atoms with van der Waals surface area (Å²) in [6, 6.07) is 92.4. The molecule has 67 heavy (non-hydrogen) atoms. The monoisotopic (exact) mass is 870 g/mol. The molecule has 13 rings (SSSR count). The first-order valence-electron chi connectivity index (χ1n) is 23.0. The molecular weight excluding hydrogens is 829 g/mol. The minimum absolute atomic E-state index is 0.524. The Balaban J connectivity index is 0.893. The van der Waals surface area contributed by atoms with Gasteiger partial charge >= 0.3 is 0 Å². The van der Waals surface area contributed by atoms with Crippen molar-refractivity contribution in [2.24, 2.45) is 0 Å². The van der Waals surface area contributed by atoms with Gasteiger partial charge in [-0.3, -0.25) is 0 Å². The minimum atomic E-state index is -2.62. The molecule has 2 heterocycles. The van der Waals surface area contributed by atoms with E-state index in [1.165, 1.54) is 48.6 Å². The Morgan fingerprint density at radius 1 is 0.328 bits per heavy atom. The number of fused-ring (bicyclic) bond motifs is 10. The average molecular weight is 871 g/mol. The van der Waals surface area contributed by atoms with Gasteiger partial charge in [0.05, 0.1) is 16.6 Å². The molecule has 1 aliphatic heterocycles. The lowest BCUT2D eigenvalue weighted by Crippen LogP contribution is -2.74. The first kappa shape index (κ1) is 39.0. The molecule has 0 radical (unpaired) electrons. The largest absolute Gasteiger partial charge is 0.457 e. The van der Waals surface area contributed by atoms with Crippen molar-refractivity contribution in [3.63, 3.8) is 0 Å². The van der Waals surface area contributed by atoms with Crippen LogP contribution >= 0.6 is 0 Å². The highest BCUT2D eigenvalue weighted by atomic mass is 28.3. The van der Waals surface area contributed by atoms with E-state index in [1.807, 2.05) is 0 Å². The summed E-state index contributed by atoms with van der Waals surface area (Å²) >= 11 is 0. The fourth-order valence-electron chi connectivity index (χ4n) is 11.2. The second-order valence-electron chi connectivity index (χ2n) is 17.6. The molecule has 1 aromatic heterocycles. The Bertz CT molecular complexity index is 3510. The van der Waals surface area contributed by atoms with Crippen LogP contribution < -0.4 is 25.5 Å². The molecule has 3 nitrogen and oxygen atoms in total. The molecule has 0 amide bonds. The molecule has 1 spiro atoms. The van der Waals surface area contributed by atoms with Crippen molar-refractivity contribution in [3.8, 4) is 56.4 Å². The third-order valence-electron chi connectivity index (χ3n) is 14.1. The highest BCUT2D eigenvalue weighted by Gasteiger charge is 2.51. The van der Waals surface area contributed by atoms with E-state index in [2.05, 4.69) is 255 Å². The van der Waals surface area contributed by atoms with Gasteiger partial charge in [0.1, 0.15) is 11.5 Å². The maximum Gasteiger partial charge on any atom is 0.179 e. The molecule has 0 N–H and O–H groups in total. The highest BCUT2D eigenvalue weighted by Crippen LogP contribution is 2.62. The summed E-state index contributed by atoms with van der Waals surface area (Å²) in [5.74, 6) is 2.47. The van der Waals surface area contributed by atoms with Gasteiger partial charge in [-0.1, -0.05) is 231 Å². The Morgan fingerprint density at radius 2 is 0.776 bits per heavy atom. The van der Waals surface area contributed by atoms with E-state index in [4.69, 9.17) is 14.7 Å². The maximum absolute atomic E-state index is 6.56. The lowest BCUT2D eigenvalue weighted by atomic mass is 9.66. The first-order valence-corrected chi connectivity index (χ1v) is 25.0. The Kier molecular flexibility index (Phi) is 9.09. The lowest BCUT2D eigenvalue weighted by Gasteiger charge is -2.39. The molecule has 314 valence electrons. The zero-order valence-electron chi connectivity index (χ0n) is 36.6. The van der Waals surface area contributed by atoms with Crippen molar-refractivity contribution < 1.29 is 4.74 Å². The summed E-state index contributed by atoms with van der Waals surface area (Å²) in [7, 11) is -2.62. The van der Waals surface area contributed by atoms with E-state index in [9.17, 15) is 0 Å². The molecular formula is C63H42N2OSi. The second kappa shape index (κ2) is 15.6. The van der Waals surface area contributed by atoms with Gasteiger partial charge in [0.2, 0.25) is 0 Å². The van der Waals surface area contributed by atoms with E-state index in [-0.39, 0.29) is 0 Å². The molecule has 0 unspecified atom stereocenters. The van der Waals surface area contributed by atoms with Gasteiger partial charge in [0.25, 0.3) is 0 Å². The predicted molar refractivity (Wildman–Crippen MR) is 277 cm³/mol. The van der Waals surface area contributed by atoms with E-state index in [1.54, 1.807) is 0 Å². The van der Waals surface area contributed by atoms with Crippen molar-refractivity contribution in [1.29, 1.82) is 0 Å². The Hall–Kier alpha value is -8.44. The zero-order chi connectivity index (χ0) is 44.4. The number of hydrogen-bond donors (Lipinski definition) is 0. The van der Waals surface area contributed by atoms with Crippen LogP contribution in [-0.4, -0.2) is 18.0 Å². The lowest BCUT2D eigenvalue weighted by molar-refractivity contribution is 0.436. The molecule has 0 atom stereocenters. The van der Waals surface area contributed by atoms with Crippen LogP contribution in [0.4, 0.5) is 0 Å². The van der Waals surface area contributed by atoms with Crippen molar-refractivity contribution in [3.05, 3.63) is 277 Å². The van der Waals surface area contributed by atoms with Crippen molar-refractivity contribution in [1.82, 2.24) is 9.97 Å². The SMILES string of the molecule is c1ccc([Si](c2ccccc2)(c2ccccc2)c2ccc(-c3ccc(-c4nc(-c5ccc6c(c5)-c5ccccc5C65c6ccccc6Oc6ccccc65)nc5ccccc45)cc3)cc2)cc1. The van der Waals surface area contributed by atoms with Crippen LogP contribution in [0.1, 0.15) is 22.3 Å². The van der Waals surface area contributed by atoms with Gasteiger partial charge in [-0.15, -0.1) is 0 Å². The van der Waals surface area contributed by atoms with Gasteiger partial charge in [-0.25, -0.2) is 9.97 Å². The van der Waals surface area contributed by atoms with Gasteiger partial charge in [-0.05, 0) is 78.4 Å². The molecule has 1 aliphatic carbocycles. The van der Waals surface area contributed by atoms with Crippen LogP contribution in [0, 0.1) is 0 Å². The molecule has 0 bridgehead atoms. The molecule has 0 saturated carbocycles. The van der Waals surface area contributed by atoms with E-state index >= 15 is 0 Å². The maximum atomic E-state index is 6.56. The normalized spacial score (nSPS) is 13.0. The van der Waals surface area contributed by atoms with Crippen LogP contribution in [0.25, 0.3) is 55.8 Å². The van der Waals surface area contributed by atoms with Crippen LogP contribution in [-0.2, 0) is 5.41 Å². The van der Waals surface area contributed by atoms with E-state index in [0.29, 0.717) is 5.82 Å². The summed E-state index contributed by atoms with van der Waals surface area (Å²) < 4.78 is 6.56. The Morgan fingerprint density at radius 3 is 1.39 bits per heavy atom. The molecule has 4 heteroatoms. The number of para-hydroxylation sites is 3. The summed E-state index contributed by atoms with van der Waals surface area (Å²) in [5, 5.41) is 6.47. The number of aromatic nitrogens is 2. The van der Waals surface area contributed by atoms with Gasteiger partial charge in [0.15, 0.2) is 13.9 Å². The van der Waals surface area contributed by atoms with Gasteiger partial charge in [0, 0.05) is 27.6 Å². The highest BCUT2D eigenvalue weighted by molar-refractivity contribution is 7.19. The number of hydrogen-bond acceptors (Lipinski definition) is 3. The van der Waals surface area contributed by atoms with Crippen LogP contribution in [0.2, 0.25) is 0 Å². The third-order valence-corrected chi connectivity index (χ3v) is 18.9. The van der Waals surface area contributed by atoms with E-state index in [0.717, 1.165) is 55.9 Å². The summed E-state index contributed by atoms with van der Waals surface area (Å²) in [5.41, 5.74) is 12.8. The summed E-state index contributed by atoms with van der Waals surface area (Å²) in [4.78, 5) is 10.6. The molecule has 2 aliphatic rings. The zero-order valence-corrected chi connectivity index (χ0v) is 37.6. The first-order chi connectivity index (χ1) is 33.2. The van der Waals surface area contributed by atoms with Crippen molar-refractivity contribution in [2.75, 3.05) is 0 Å². The van der Waals surface area contributed by atoms with Crippen LogP contribution in [0.5, 0.6) is 11.5 Å². The molecule has 0 saturated heterocycles. The summed E-state index contributed by atoms with van der Waals surface area (Å²) in [6.07, 6.45) is 0. The molecule has 11 aromatic rings. The average Bonchev–Trinajstić information content (AvgIpc) is 3.69. The topological polar surface area (TPSA) is 35.0 Å². The van der Waals surface area contributed by atoms with Crippen LogP contribution in [0.15, 0.2) is 255 Å². The molecule has 0 fully saturated rings. The number of ether oxygens (including phenoxy) is 1. The standard InChI is InChI=1S/C63H42N2OSi/c1-4-18-47(19-5-1)67(48-20-6-2-7-21-48,49-22-8-3-9-23-49)50-39-36-44(37-40-50)43-32-34-45(35-33-43)61-52-25-11-15-29-58(52)64-62(65-61)46-38-41-55-53(42-46)51-24-10-12-26-54(51)63(55)56-27-13-16-30-59(56)66-60-31-17-14-28-57(60)63/h1-42H. The minimum Gasteiger partial charge on any atom is -0.457 e. The van der Waals surface area contributed by atoms with Crippen molar-refractivity contribution >= 4 is 39.7 Å². The van der Waals surface area contributed by atoms with Crippen molar-refractivity contribution in [2.45, 2.75) is 5.41 Å². The number of nitrogens with zero attached hydrogens (tertiary/aromatic N) is 2. The van der Waals surface area contributed by atoms with Gasteiger partial charge in [-0.2, -0.15) is 0 Å². The third kappa shape index (κ3) is 5.97. The molecule has 10 aromatic carbocycles. The van der Waals surface area contributed by atoms with E-state index < -0.39 is 13.5 Å².